The zero-order chi connectivity index (χ0) is 42.9. The van der Waals surface area contributed by atoms with Crippen LogP contribution in [-0.2, 0) is 19.1 Å². The molecule has 0 bridgehead atoms. The lowest BCUT2D eigenvalue weighted by atomic mass is 9.57. The van der Waals surface area contributed by atoms with Crippen molar-refractivity contribution >= 4 is 11.9 Å². The van der Waals surface area contributed by atoms with Crippen LogP contribution in [0.15, 0.2) is 0 Å². The average Bonchev–Trinajstić information content (AvgIpc) is 3.27. The maximum Gasteiger partial charge on any atom is 0.323 e. The summed E-state index contributed by atoms with van der Waals surface area (Å²) in [5.74, 6) is 0.0487. The van der Waals surface area contributed by atoms with Crippen molar-refractivity contribution in [3.63, 3.8) is 0 Å². The van der Waals surface area contributed by atoms with Crippen molar-refractivity contribution < 1.29 is 19.1 Å². The van der Waals surface area contributed by atoms with E-state index in [1.54, 1.807) is 0 Å². The molecule has 2 aliphatic rings. The van der Waals surface area contributed by atoms with Crippen molar-refractivity contribution in [2.45, 2.75) is 316 Å². The van der Waals surface area contributed by atoms with E-state index in [4.69, 9.17) is 9.47 Å². The molecule has 4 nitrogen and oxygen atoms in total. The molecule has 0 radical (unpaired) electrons. The Labute approximate surface area is 375 Å². The fourth-order valence-electron chi connectivity index (χ4n) is 10.9. The predicted molar refractivity (Wildman–Crippen MR) is 260 cm³/mol. The highest BCUT2D eigenvalue weighted by molar-refractivity contribution is 6.00. The summed E-state index contributed by atoms with van der Waals surface area (Å²) in [5, 5.41) is 0. The van der Waals surface area contributed by atoms with E-state index in [0.29, 0.717) is 25.6 Å². The van der Waals surface area contributed by atoms with Crippen molar-refractivity contribution in [3.8, 4) is 0 Å². The molecule has 0 spiro atoms. The van der Waals surface area contributed by atoms with Crippen molar-refractivity contribution in [1.29, 1.82) is 0 Å². The molecule has 0 N–H and O–H groups in total. The quantitative estimate of drug-likeness (QED) is 0.0348. The second kappa shape index (κ2) is 40.7. The minimum Gasteiger partial charge on any atom is -0.465 e. The molecule has 60 heavy (non-hydrogen) atoms. The van der Waals surface area contributed by atoms with Gasteiger partial charge in [0, 0.05) is 0 Å². The van der Waals surface area contributed by atoms with E-state index in [1.807, 2.05) is 0 Å². The van der Waals surface area contributed by atoms with Gasteiger partial charge in [-0.1, -0.05) is 290 Å². The number of unbranched alkanes of at least 4 members (excludes halogenated alkanes) is 38. The normalized spacial score (nSPS) is 17.4. The molecular formula is C56H106O4. The molecule has 2 fully saturated rings. The van der Waals surface area contributed by atoms with E-state index in [2.05, 4.69) is 13.8 Å². The monoisotopic (exact) mass is 843 g/mol. The number of esters is 2. The summed E-state index contributed by atoms with van der Waals surface area (Å²) in [4.78, 5) is 27.8. The Morgan fingerprint density at radius 1 is 0.350 bits per heavy atom. The van der Waals surface area contributed by atoms with Gasteiger partial charge in [-0.15, -0.1) is 0 Å². The second-order valence-electron chi connectivity index (χ2n) is 20.2. The minimum atomic E-state index is -1.07. The molecule has 2 unspecified atom stereocenters. The highest BCUT2D eigenvalue weighted by Crippen LogP contribution is 2.52. The molecule has 0 saturated heterocycles. The lowest BCUT2D eigenvalue weighted by Crippen LogP contribution is -2.53. The summed E-state index contributed by atoms with van der Waals surface area (Å²) in [6.07, 6.45) is 61.5. The van der Waals surface area contributed by atoms with Gasteiger partial charge in [0.2, 0.25) is 0 Å². The summed E-state index contributed by atoms with van der Waals surface area (Å²) in [5.41, 5.74) is -1.07. The maximum atomic E-state index is 13.9. The van der Waals surface area contributed by atoms with Crippen molar-refractivity contribution in [2.24, 2.45) is 17.3 Å². The van der Waals surface area contributed by atoms with Crippen LogP contribution in [0.5, 0.6) is 0 Å². The molecule has 0 aliphatic heterocycles. The van der Waals surface area contributed by atoms with E-state index >= 15 is 0 Å². The van der Waals surface area contributed by atoms with Gasteiger partial charge in [-0.05, 0) is 37.5 Å². The van der Waals surface area contributed by atoms with Crippen LogP contribution in [0.25, 0.3) is 0 Å². The third kappa shape index (κ3) is 27.2. The Hall–Kier alpha value is -1.06. The van der Waals surface area contributed by atoms with Crippen LogP contribution in [0.3, 0.4) is 0 Å². The Morgan fingerprint density at radius 2 is 0.600 bits per heavy atom. The smallest absolute Gasteiger partial charge is 0.323 e. The van der Waals surface area contributed by atoms with Gasteiger partial charge in [0.15, 0.2) is 5.41 Å². The van der Waals surface area contributed by atoms with E-state index in [1.165, 1.54) is 238 Å². The van der Waals surface area contributed by atoms with Gasteiger partial charge in [0.25, 0.3) is 0 Å². The summed E-state index contributed by atoms with van der Waals surface area (Å²) < 4.78 is 12.0. The molecule has 0 heterocycles. The van der Waals surface area contributed by atoms with Crippen LogP contribution in [0.1, 0.15) is 316 Å². The summed E-state index contributed by atoms with van der Waals surface area (Å²) >= 11 is 0. The van der Waals surface area contributed by atoms with Gasteiger partial charge in [-0.2, -0.15) is 0 Å². The molecule has 354 valence electrons. The van der Waals surface area contributed by atoms with Gasteiger partial charge in [-0.3, -0.25) is 9.59 Å². The standard InChI is InChI=1S/C56H106O4/c1-3-5-7-9-11-13-15-17-19-21-23-25-27-29-31-33-35-37-39-43-50-59-54(57)56(49-45-47-52-46-41-42-48-53(52)56)55(58)60-51-44-40-38-36-34-32-30-28-26-24-22-20-18-16-14-12-10-8-6-4-2/h52-53H,3-51H2,1-2H3. The Balaban J connectivity index is 1.47. The van der Waals surface area contributed by atoms with Crippen molar-refractivity contribution in [3.05, 3.63) is 0 Å². The van der Waals surface area contributed by atoms with Gasteiger partial charge in [0.05, 0.1) is 13.2 Å². The number of rotatable bonds is 44. The number of hydrogen-bond acceptors (Lipinski definition) is 4. The van der Waals surface area contributed by atoms with Gasteiger partial charge < -0.3 is 9.47 Å². The summed E-state index contributed by atoms with van der Waals surface area (Å²) in [6, 6.07) is 0. The lowest BCUT2D eigenvalue weighted by molar-refractivity contribution is -0.184. The van der Waals surface area contributed by atoms with E-state index < -0.39 is 5.41 Å². The first kappa shape index (κ1) is 55.1. The largest absolute Gasteiger partial charge is 0.465 e. The Bertz CT molecular complexity index is 886. The Kier molecular flexibility index (Phi) is 37.4. The number of fused-ring (bicyclic) bond motifs is 1. The van der Waals surface area contributed by atoms with Gasteiger partial charge in [0.1, 0.15) is 0 Å². The second-order valence-corrected chi connectivity index (χ2v) is 20.2. The van der Waals surface area contributed by atoms with Crippen LogP contribution in [0.4, 0.5) is 0 Å². The molecule has 4 heteroatoms. The molecule has 2 atom stereocenters. The molecule has 2 rings (SSSR count). The SMILES string of the molecule is CCCCCCCCCCCCCCCCCCCCCCOC(=O)C1(C(=O)OCCCCCCCCCCCCCCCCCCCCCC)CCCC2CCCCC21. The zero-order valence-electron chi connectivity index (χ0n) is 40.9. The summed E-state index contributed by atoms with van der Waals surface area (Å²) in [6.45, 7) is 5.49. The number of carbonyl (C=O) groups is 2. The van der Waals surface area contributed by atoms with Crippen LogP contribution in [0, 0.1) is 17.3 Å². The van der Waals surface area contributed by atoms with E-state index in [9.17, 15) is 9.59 Å². The van der Waals surface area contributed by atoms with Crippen molar-refractivity contribution in [2.75, 3.05) is 13.2 Å². The van der Waals surface area contributed by atoms with Crippen molar-refractivity contribution in [1.82, 2.24) is 0 Å². The molecule has 0 aromatic carbocycles. The highest BCUT2D eigenvalue weighted by atomic mass is 16.6. The first-order chi connectivity index (χ1) is 29.7. The number of carbonyl (C=O) groups excluding carboxylic acids is 2. The van der Waals surface area contributed by atoms with Crippen LogP contribution in [-0.4, -0.2) is 25.2 Å². The number of ether oxygens (including phenoxy) is 2. The Morgan fingerprint density at radius 3 is 0.900 bits per heavy atom. The number of hydrogen-bond donors (Lipinski definition) is 0. The van der Waals surface area contributed by atoms with Crippen LogP contribution in [0.2, 0.25) is 0 Å². The molecule has 0 aromatic rings. The first-order valence-electron chi connectivity index (χ1n) is 28.0. The fourth-order valence-corrected chi connectivity index (χ4v) is 10.9. The van der Waals surface area contributed by atoms with E-state index in [0.717, 1.165) is 57.8 Å². The first-order valence-corrected chi connectivity index (χ1v) is 28.0. The predicted octanol–water partition coefficient (Wildman–Crippen LogP) is 18.7. The van der Waals surface area contributed by atoms with Gasteiger partial charge in [-0.25, -0.2) is 0 Å². The maximum absolute atomic E-state index is 13.9. The highest BCUT2D eigenvalue weighted by Gasteiger charge is 2.58. The molecule has 0 aromatic heterocycles. The molecule has 2 aliphatic carbocycles. The zero-order valence-corrected chi connectivity index (χ0v) is 40.9. The van der Waals surface area contributed by atoms with Crippen LogP contribution < -0.4 is 0 Å². The molecular weight excluding hydrogens is 737 g/mol. The minimum absolute atomic E-state index is 0.102. The molecule has 2 saturated carbocycles. The third-order valence-electron chi connectivity index (χ3n) is 14.9. The summed E-state index contributed by atoms with van der Waals surface area (Å²) in [7, 11) is 0. The fraction of sp³-hybridized carbons (Fsp3) is 0.964. The average molecular weight is 843 g/mol. The third-order valence-corrected chi connectivity index (χ3v) is 14.9. The topological polar surface area (TPSA) is 52.6 Å². The van der Waals surface area contributed by atoms with Crippen LogP contribution >= 0.6 is 0 Å². The van der Waals surface area contributed by atoms with Gasteiger partial charge >= 0.3 is 11.9 Å². The molecule has 0 amide bonds. The van der Waals surface area contributed by atoms with E-state index in [-0.39, 0.29) is 17.9 Å². The lowest BCUT2D eigenvalue weighted by Gasteiger charge is -2.46.